The van der Waals surface area contributed by atoms with Crippen LogP contribution in [0.1, 0.15) is 0 Å². The molecule has 0 atom stereocenters. The highest BCUT2D eigenvalue weighted by Gasteiger charge is 2.30. The largest absolute Gasteiger partial charge is 0.353 e. The molecule has 0 radical (unpaired) electrons. The van der Waals surface area contributed by atoms with Gasteiger partial charge in [-0.25, -0.2) is 27.5 Å². The van der Waals surface area contributed by atoms with Gasteiger partial charge in [-0.2, -0.15) is 0 Å². The molecule has 1 aliphatic heterocycles. The van der Waals surface area contributed by atoms with Crippen molar-refractivity contribution >= 4 is 26.7 Å². The Morgan fingerprint density at radius 2 is 2.10 bits per heavy atom. The first-order valence-electron chi connectivity index (χ1n) is 6.05. The van der Waals surface area contributed by atoms with E-state index in [4.69, 9.17) is 0 Å². The van der Waals surface area contributed by atoms with Crippen LogP contribution in [-0.4, -0.2) is 43.8 Å². The number of benzene rings is 1. The lowest BCUT2D eigenvalue weighted by atomic mass is 10.1. The van der Waals surface area contributed by atoms with Gasteiger partial charge in [-0.1, -0.05) is 0 Å². The van der Waals surface area contributed by atoms with Gasteiger partial charge in [-0.15, -0.1) is 0 Å². The first-order valence-corrected chi connectivity index (χ1v) is 7.94. The minimum atomic E-state index is -3.21. The van der Waals surface area contributed by atoms with Crippen LogP contribution in [0, 0.1) is 5.82 Å². The molecule has 1 aromatic heterocycles. The van der Waals surface area contributed by atoms with Crippen LogP contribution in [0.25, 0.3) is 10.9 Å². The lowest BCUT2D eigenvalue weighted by molar-refractivity contribution is 0.469. The fraction of sp³-hybridized carbons (Fsp3) is 0.333. The zero-order chi connectivity index (χ0) is 14.3. The summed E-state index contributed by atoms with van der Waals surface area (Å²) in [6.45, 7) is 1.02. The number of nitrogens with one attached hydrogen (secondary N) is 1. The molecule has 0 saturated carbocycles. The molecular formula is C12H13FN4O2S. The number of halogens is 1. The number of rotatable bonds is 3. The van der Waals surface area contributed by atoms with Gasteiger partial charge in [0.05, 0.1) is 17.8 Å². The Labute approximate surface area is 115 Å². The number of hydrogen-bond acceptors (Lipinski definition) is 5. The maximum Gasteiger partial charge on any atom is 0.209 e. The third-order valence-corrected chi connectivity index (χ3v) is 3.90. The van der Waals surface area contributed by atoms with Crippen molar-refractivity contribution in [2.45, 2.75) is 6.04 Å². The molecule has 1 aromatic carbocycles. The number of aromatic nitrogens is 2. The molecule has 0 unspecified atom stereocenters. The molecule has 0 spiro atoms. The van der Waals surface area contributed by atoms with Crippen LogP contribution in [0.3, 0.4) is 0 Å². The Morgan fingerprint density at radius 3 is 2.80 bits per heavy atom. The fourth-order valence-electron chi connectivity index (χ4n) is 2.30. The number of sulfonamides is 1. The van der Waals surface area contributed by atoms with E-state index in [-0.39, 0.29) is 11.9 Å². The highest BCUT2D eigenvalue weighted by atomic mass is 32.2. The summed E-state index contributed by atoms with van der Waals surface area (Å²) >= 11 is 0. The first-order chi connectivity index (χ1) is 9.42. The van der Waals surface area contributed by atoms with Gasteiger partial charge in [0.25, 0.3) is 0 Å². The van der Waals surface area contributed by atoms with Crippen LogP contribution in [-0.2, 0) is 10.0 Å². The van der Waals surface area contributed by atoms with E-state index in [0.717, 1.165) is 6.26 Å². The van der Waals surface area contributed by atoms with Crippen molar-refractivity contribution in [2.24, 2.45) is 0 Å². The summed E-state index contributed by atoms with van der Waals surface area (Å²) in [5.41, 5.74) is 0.663. The maximum absolute atomic E-state index is 13.3. The van der Waals surface area contributed by atoms with Gasteiger partial charge in [-0.05, 0) is 18.2 Å². The fourth-order valence-corrected chi connectivity index (χ4v) is 3.05. The van der Waals surface area contributed by atoms with E-state index >= 15 is 0 Å². The zero-order valence-corrected chi connectivity index (χ0v) is 11.6. The Hall–Kier alpha value is -1.80. The molecule has 2 aromatic rings. The summed E-state index contributed by atoms with van der Waals surface area (Å²) in [6, 6.07) is 4.20. The van der Waals surface area contributed by atoms with Gasteiger partial charge in [0.1, 0.15) is 18.0 Å². The highest BCUT2D eigenvalue weighted by molar-refractivity contribution is 7.88. The molecule has 6 nitrogen and oxygen atoms in total. The van der Waals surface area contributed by atoms with Crippen molar-refractivity contribution in [3.8, 4) is 0 Å². The SMILES string of the molecule is CS(=O)(=O)NC1CN(c2ncnc3ccc(F)cc23)C1. The monoisotopic (exact) mass is 296 g/mol. The quantitative estimate of drug-likeness (QED) is 0.893. The van der Waals surface area contributed by atoms with Gasteiger partial charge in [0.2, 0.25) is 10.0 Å². The van der Waals surface area contributed by atoms with Crippen LogP contribution in [0.4, 0.5) is 10.2 Å². The Morgan fingerprint density at radius 1 is 1.35 bits per heavy atom. The molecule has 1 saturated heterocycles. The lowest BCUT2D eigenvalue weighted by Crippen LogP contribution is -2.59. The normalized spacial score (nSPS) is 16.4. The van der Waals surface area contributed by atoms with E-state index in [9.17, 15) is 12.8 Å². The summed E-state index contributed by atoms with van der Waals surface area (Å²) in [5, 5.41) is 0.630. The van der Waals surface area contributed by atoms with Crippen molar-refractivity contribution in [1.82, 2.24) is 14.7 Å². The minimum Gasteiger partial charge on any atom is -0.353 e. The van der Waals surface area contributed by atoms with Crippen molar-refractivity contribution in [1.29, 1.82) is 0 Å². The molecule has 0 bridgehead atoms. The second-order valence-electron chi connectivity index (χ2n) is 4.85. The predicted molar refractivity (Wildman–Crippen MR) is 73.5 cm³/mol. The molecule has 106 valence electrons. The molecule has 1 fully saturated rings. The average Bonchev–Trinajstić information content (AvgIpc) is 2.32. The number of fused-ring (bicyclic) bond motifs is 1. The summed E-state index contributed by atoms with van der Waals surface area (Å²) in [7, 11) is -3.21. The Balaban J connectivity index is 1.84. The van der Waals surface area contributed by atoms with Gasteiger partial charge >= 0.3 is 0 Å². The summed E-state index contributed by atoms with van der Waals surface area (Å²) in [4.78, 5) is 10.2. The molecule has 1 aliphatic rings. The third-order valence-electron chi connectivity index (χ3n) is 3.14. The predicted octanol–water partition coefficient (Wildman–Crippen LogP) is 0.507. The summed E-state index contributed by atoms with van der Waals surface area (Å²) in [6.07, 6.45) is 2.55. The number of nitrogens with zero attached hydrogens (tertiary/aromatic N) is 3. The second kappa shape index (κ2) is 4.64. The van der Waals surface area contributed by atoms with E-state index in [0.29, 0.717) is 29.8 Å². The average molecular weight is 296 g/mol. The van der Waals surface area contributed by atoms with E-state index in [1.165, 1.54) is 18.5 Å². The van der Waals surface area contributed by atoms with E-state index in [2.05, 4.69) is 14.7 Å². The molecule has 3 rings (SSSR count). The van der Waals surface area contributed by atoms with Crippen LogP contribution in [0.2, 0.25) is 0 Å². The standard InChI is InChI=1S/C12H13FN4O2S/c1-20(18,19)16-9-5-17(6-9)12-10-4-8(13)2-3-11(10)14-7-15-12/h2-4,7,9,16H,5-6H2,1H3. The Kier molecular flexibility index (Phi) is 3.06. The topological polar surface area (TPSA) is 75.2 Å². The van der Waals surface area contributed by atoms with Crippen molar-refractivity contribution in [3.63, 3.8) is 0 Å². The smallest absolute Gasteiger partial charge is 0.209 e. The number of hydrogen-bond donors (Lipinski definition) is 1. The molecule has 0 aliphatic carbocycles. The van der Waals surface area contributed by atoms with Gasteiger partial charge in [0, 0.05) is 18.5 Å². The van der Waals surface area contributed by atoms with E-state index in [1.807, 2.05) is 4.90 Å². The lowest BCUT2D eigenvalue weighted by Gasteiger charge is -2.40. The maximum atomic E-state index is 13.3. The van der Waals surface area contributed by atoms with Crippen molar-refractivity contribution in [3.05, 3.63) is 30.3 Å². The van der Waals surface area contributed by atoms with Crippen molar-refractivity contribution in [2.75, 3.05) is 24.2 Å². The van der Waals surface area contributed by atoms with Gasteiger partial charge in [0.15, 0.2) is 0 Å². The van der Waals surface area contributed by atoms with Crippen LogP contribution in [0.15, 0.2) is 24.5 Å². The van der Waals surface area contributed by atoms with Crippen LogP contribution >= 0.6 is 0 Å². The molecule has 1 N–H and O–H groups in total. The highest BCUT2D eigenvalue weighted by Crippen LogP contribution is 2.27. The van der Waals surface area contributed by atoms with E-state index < -0.39 is 10.0 Å². The molecule has 20 heavy (non-hydrogen) atoms. The summed E-state index contributed by atoms with van der Waals surface area (Å²) < 4.78 is 38.1. The minimum absolute atomic E-state index is 0.136. The van der Waals surface area contributed by atoms with Crippen LogP contribution < -0.4 is 9.62 Å². The first kappa shape index (κ1) is 13.2. The van der Waals surface area contributed by atoms with Gasteiger partial charge < -0.3 is 4.90 Å². The zero-order valence-electron chi connectivity index (χ0n) is 10.7. The second-order valence-corrected chi connectivity index (χ2v) is 6.63. The molecule has 0 amide bonds. The van der Waals surface area contributed by atoms with E-state index in [1.54, 1.807) is 6.07 Å². The van der Waals surface area contributed by atoms with Gasteiger partial charge in [-0.3, -0.25) is 0 Å². The molecule has 2 heterocycles. The Bertz CT molecular complexity index is 759. The molecule has 8 heteroatoms. The molecular weight excluding hydrogens is 283 g/mol. The van der Waals surface area contributed by atoms with Crippen molar-refractivity contribution < 1.29 is 12.8 Å². The summed E-state index contributed by atoms with van der Waals surface area (Å²) in [5.74, 6) is 0.279. The third kappa shape index (κ3) is 2.56. The van der Waals surface area contributed by atoms with Crippen LogP contribution in [0.5, 0.6) is 0 Å². The number of anilines is 1.